The third-order valence-corrected chi connectivity index (χ3v) is 5.23. The van der Waals surface area contributed by atoms with E-state index in [2.05, 4.69) is 19.2 Å². The number of hydrogen-bond acceptors (Lipinski definition) is 3. The molecule has 0 bridgehead atoms. The molecule has 23 heavy (non-hydrogen) atoms. The van der Waals surface area contributed by atoms with Crippen molar-refractivity contribution in [1.82, 2.24) is 5.32 Å². The number of carboxylic acids is 1. The van der Waals surface area contributed by atoms with Gasteiger partial charge in [0.25, 0.3) is 0 Å². The average Bonchev–Trinajstić information content (AvgIpc) is 2.50. The molecule has 1 unspecified atom stereocenters. The van der Waals surface area contributed by atoms with Crippen LogP contribution in [0.25, 0.3) is 0 Å². The van der Waals surface area contributed by atoms with Crippen molar-refractivity contribution in [3.8, 4) is 0 Å². The average molecular weight is 323 g/mol. The molecule has 1 aliphatic heterocycles. The van der Waals surface area contributed by atoms with E-state index in [4.69, 9.17) is 4.74 Å². The van der Waals surface area contributed by atoms with Gasteiger partial charge < -0.3 is 15.2 Å². The maximum Gasteiger partial charge on any atom is 0.308 e. The molecule has 0 radical (unpaired) electrons. The quantitative estimate of drug-likeness (QED) is 0.763. The molecule has 0 aromatic rings. The van der Waals surface area contributed by atoms with E-state index in [0.29, 0.717) is 18.6 Å². The third kappa shape index (κ3) is 5.65. The van der Waals surface area contributed by atoms with E-state index < -0.39 is 11.9 Å². The molecule has 0 aromatic carbocycles. The summed E-state index contributed by atoms with van der Waals surface area (Å²) in [7, 11) is 0. The molecule has 130 valence electrons. The fourth-order valence-corrected chi connectivity index (χ4v) is 3.41. The Balaban J connectivity index is 1.83. The SMILES string of the molecule is CC1(C)CCC(=CC(=O)NCC(C(=O)O)C2CCOCC2)CC1. The molecule has 1 amide bonds. The molecule has 0 spiro atoms. The highest BCUT2D eigenvalue weighted by atomic mass is 16.5. The minimum Gasteiger partial charge on any atom is -0.481 e. The molecule has 2 aliphatic rings. The first-order chi connectivity index (χ1) is 10.9. The number of rotatable bonds is 5. The number of allylic oxidation sites excluding steroid dienone is 1. The van der Waals surface area contributed by atoms with Crippen molar-refractivity contribution >= 4 is 11.9 Å². The summed E-state index contributed by atoms with van der Waals surface area (Å²) in [5.41, 5.74) is 1.55. The lowest BCUT2D eigenvalue weighted by molar-refractivity contribution is -0.144. The van der Waals surface area contributed by atoms with Crippen LogP contribution in [0.1, 0.15) is 52.4 Å². The predicted octanol–water partition coefficient (Wildman–Crippen LogP) is 2.76. The first-order valence-electron chi connectivity index (χ1n) is 8.65. The summed E-state index contributed by atoms with van der Waals surface area (Å²) in [6.45, 7) is 5.95. The van der Waals surface area contributed by atoms with Crippen LogP contribution in [-0.2, 0) is 14.3 Å². The van der Waals surface area contributed by atoms with E-state index in [9.17, 15) is 14.7 Å². The summed E-state index contributed by atoms with van der Waals surface area (Å²) in [6, 6.07) is 0. The monoisotopic (exact) mass is 323 g/mol. The van der Waals surface area contributed by atoms with Crippen LogP contribution in [0.15, 0.2) is 11.6 Å². The van der Waals surface area contributed by atoms with Crippen molar-refractivity contribution in [3.05, 3.63) is 11.6 Å². The second-order valence-corrected chi connectivity index (χ2v) is 7.61. The molecule has 2 fully saturated rings. The lowest BCUT2D eigenvalue weighted by atomic mass is 9.75. The summed E-state index contributed by atoms with van der Waals surface area (Å²) >= 11 is 0. The second-order valence-electron chi connectivity index (χ2n) is 7.61. The predicted molar refractivity (Wildman–Crippen MR) is 88.0 cm³/mol. The Labute approximate surface area is 138 Å². The number of carbonyl (C=O) groups is 2. The van der Waals surface area contributed by atoms with Crippen LogP contribution < -0.4 is 5.32 Å². The van der Waals surface area contributed by atoms with Crippen molar-refractivity contribution in [2.75, 3.05) is 19.8 Å². The maximum absolute atomic E-state index is 12.1. The Morgan fingerprint density at radius 1 is 1.30 bits per heavy atom. The van der Waals surface area contributed by atoms with Gasteiger partial charge in [-0.1, -0.05) is 19.4 Å². The fourth-order valence-electron chi connectivity index (χ4n) is 3.41. The van der Waals surface area contributed by atoms with Crippen LogP contribution in [-0.4, -0.2) is 36.7 Å². The van der Waals surface area contributed by atoms with Gasteiger partial charge in [0.15, 0.2) is 0 Å². The van der Waals surface area contributed by atoms with Crippen molar-refractivity contribution in [2.24, 2.45) is 17.3 Å². The van der Waals surface area contributed by atoms with Gasteiger partial charge in [0.1, 0.15) is 0 Å². The van der Waals surface area contributed by atoms with Gasteiger partial charge in [0, 0.05) is 25.8 Å². The van der Waals surface area contributed by atoms with Gasteiger partial charge in [-0.15, -0.1) is 0 Å². The van der Waals surface area contributed by atoms with Gasteiger partial charge in [-0.25, -0.2) is 0 Å². The van der Waals surface area contributed by atoms with Crippen molar-refractivity contribution < 1.29 is 19.4 Å². The van der Waals surface area contributed by atoms with Crippen LogP contribution in [0.3, 0.4) is 0 Å². The van der Waals surface area contributed by atoms with E-state index >= 15 is 0 Å². The number of carbonyl (C=O) groups excluding carboxylic acids is 1. The molecule has 1 atom stereocenters. The largest absolute Gasteiger partial charge is 0.481 e. The van der Waals surface area contributed by atoms with Gasteiger partial charge >= 0.3 is 5.97 Å². The molecule has 1 saturated heterocycles. The minimum absolute atomic E-state index is 0.0877. The molecular weight excluding hydrogens is 294 g/mol. The summed E-state index contributed by atoms with van der Waals surface area (Å²) in [5.74, 6) is -1.42. The van der Waals surface area contributed by atoms with Crippen molar-refractivity contribution in [3.63, 3.8) is 0 Å². The molecular formula is C18H29NO4. The summed E-state index contributed by atoms with van der Waals surface area (Å²) in [5, 5.41) is 12.2. The first-order valence-corrected chi connectivity index (χ1v) is 8.65. The number of ether oxygens (including phenoxy) is 1. The number of carboxylic acid groups (broad SMARTS) is 1. The third-order valence-electron chi connectivity index (χ3n) is 5.23. The molecule has 0 aromatic heterocycles. The zero-order valence-corrected chi connectivity index (χ0v) is 14.3. The highest BCUT2D eigenvalue weighted by Crippen LogP contribution is 2.37. The van der Waals surface area contributed by atoms with Gasteiger partial charge in [-0.3, -0.25) is 9.59 Å². The van der Waals surface area contributed by atoms with Crippen LogP contribution in [0.2, 0.25) is 0 Å². The van der Waals surface area contributed by atoms with Crippen LogP contribution in [0.5, 0.6) is 0 Å². The standard InChI is InChI=1S/C18H29NO4/c1-18(2)7-3-13(4-8-18)11-16(20)19-12-15(17(21)22)14-5-9-23-10-6-14/h11,14-15H,3-10,12H2,1-2H3,(H,19,20)(H,21,22). The van der Waals surface area contributed by atoms with Crippen molar-refractivity contribution in [2.45, 2.75) is 52.4 Å². The summed E-state index contributed by atoms with van der Waals surface area (Å²) in [4.78, 5) is 23.5. The first kappa shape index (κ1) is 18.0. The highest BCUT2D eigenvalue weighted by molar-refractivity contribution is 5.88. The normalized spacial score (nSPS) is 23.1. The number of nitrogens with one attached hydrogen (secondary N) is 1. The molecule has 5 heteroatoms. The van der Waals surface area contributed by atoms with Gasteiger partial charge in [-0.05, 0) is 49.9 Å². The van der Waals surface area contributed by atoms with E-state index in [0.717, 1.165) is 38.5 Å². The Morgan fingerprint density at radius 2 is 1.91 bits per heavy atom. The zero-order valence-electron chi connectivity index (χ0n) is 14.3. The number of aliphatic carboxylic acids is 1. The lowest BCUT2D eigenvalue weighted by Crippen LogP contribution is -2.38. The molecule has 1 saturated carbocycles. The van der Waals surface area contributed by atoms with Crippen molar-refractivity contribution in [1.29, 1.82) is 0 Å². The van der Waals surface area contributed by atoms with Gasteiger partial charge in [0.05, 0.1) is 5.92 Å². The van der Waals surface area contributed by atoms with Gasteiger partial charge in [0.2, 0.25) is 5.91 Å². The summed E-state index contributed by atoms with van der Waals surface area (Å²) < 4.78 is 5.28. The topological polar surface area (TPSA) is 75.6 Å². The Bertz CT molecular complexity index is 452. The second kappa shape index (κ2) is 7.95. The van der Waals surface area contributed by atoms with Crippen LogP contribution in [0.4, 0.5) is 0 Å². The van der Waals surface area contributed by atoms with Gasteiger partial charge in [-0.2, -0.15) is 0 Å². The molecule has 1 heterocycles. The highest BCUT2D eigenvalue weighted by Gasteiger charge is 2.30. The van der Waals surface area contributed by atoms with E-state index in [1.165, 1.54) is 5.57 Å². The molecule has 5 nitrogen and oxygen atoms in total. The van der Waals surface area contributed by atoms with E-state index in [1.807, 2.05) is 0 Å². The fraction of sp³-hybridized carbons (Fsp3) is 0.778. The molecule has 2 rings (SSSR count). The molecule has 2 N–H and O–H groups in total. The number of hydrogen-bond donors (Lipinski definition) is 2. The van der Waals surface area contributed by atoms with E-state index in [-0.39, 0.29) is 18.4 Å². The minimum atomic E-state index is -0.829. The van der Waals surface area contributed by atoms with E-state index in [1.54, 1.807) is 6.08 Å². The lowest BCUT2D eigenvalue weighted by Gasteiger charge is -2.30. The van der Waals surface area contributed by atoms with Crippen LogP contribution >= 0.6 is 0 Å². The Kier molecular flexibility index (Phi) is 6.22. The zero-order chi connectivity index (χ0) is 16.9. The molecule has 1 aliphatic carbocycles. The Hall–Kier alpha value is -1.36. The Morgan fingerprint density at radius 3 is 2.48 bits per heavy atom. The smallest absolute Gasteiger partial charge is 0.308 e. The maximum atomic E-state index is 12.1. The van der Waals surface area contributed by atoms with Crippen LogP contribution in [0, 0.1) is 17.3 Å². The number of amides is 1. The summed E-state index contributed by atoms with van der Waals surface area (Å²) in [6.07, 6.45) is 7.31.